The van der Waals surface area contributed by atoms with Crippen molar-refractivity contribution in [3.05, 3.63) is 59.7 Å². The van der Waals surface area contributed by atoms with Crippen molar-refractivity contribution in [2.24, 2.45) is 0 Å². The number of alkyl halides is 3. The Morgan fingerprint density at radius 3 is 2.05 bits per heavy atom. The van der Waals surface area contributed by atoms with Crippen LogP contribution in [0.3, 0.4) is 0 Å². The zero-order valence-electron chi connectivity index (χ0n) is 11.8. The summed E-state index contributed by atoms with van der Waals surface area (Å²) in [6.45, 7) is 6.17. The van der Waals surface area contributed by atoms with Gasteiger partial charge in [0.15, 0.2) is 0 Å². The van der Waals surface area contributed by atoms with Gasteiger partial charge in [0.25, 0.3) is 0 Å². The van der Waals surface area contributed by atoms with Gasteiger partial charge in [0.1, 0.15) is 0 Å². The molecule has 0 nitrogen and oxygen atoms in total. The van der Waals surface area contributed by atoms with Gasteiger partial charge in [-0.2, -0.15) is 13.2 Å². The molecule has 2 rings (SSSR count). The topological polar surface area (TPSA) is 0 Å². The minimum atomic E-state index is -4.31. The minimum absolute atomic E-state index is 0.120. The van der Waals surface area contributed by atoms with Crippen LogP contribution in [0.4, 0.5) is 13.2 Å². The van der Waals surface area contributed by atoms with Crippen molar-refractivity contribution in [1.82, 2.24) is 0 Å². The van der Waals surface area contributed by atoms with Crippen LogP contribution in [-0.4, -0.2) is 0 Å². The average molecular weight is 278 g/mol. The third-order valence-corrected chi connectivity index (χ3v) is 3.24. The molecule has 0 bridgehead atoms. The summed E-state index contributed by atoms with van der Waals surface area (Å²) in [7, 11) is 0. The fraction of sp³-hybridized carbons (Fsp3) is 0.294. The molecule has 106 valence electrons. The van der Waals surface area contributed by atoms with Crippen LogP contribution in [-0.2, 0) is 11.6 Å². The Morgan fingerprint density at radius 1 is 0.800 bits per heavy atom. The third kappa shape index (κ3) is 3.03. The van der Waals surface area contributed by atoms with Gasteiger partial charge in [-0.1, -0.05) is 57.2 Å². The van der Waals surface area contributed by atoms with Crippen LogP contribution in [0, 0.1) is 0 Å². The molecule has 2 aromatic rings. The molecule has 2 aromatic carbocycles. The average Bonchev–Trinajstić information content (AvgIpc) is 2.37. The maximum absolute atomic E-state index is 12.8. The van der Waals surface area contributed by atoms with E-state index in [9.17, 15) is 13.2 Å². The van der Waals surface area contributed by atoms with E-state index in [4.69, 9.17) is 0 Å². The lowest BCUT2D eigenvalue weighted by molar-refractivity contribution is -0.137. The molecule has 3 heteroatoms. The van der Waals surface area contributed by atoms with Crippen LogP contribution in [0.1, 0.15) is 31.9 Å². The summed E-state index contributed by atoms with van der Waals surface area (Å²) >= 11 is 0. The van der Waals surface area contributed by atoms with Crippen LogP contribution in [0.5, 0.6) is 0 Å². The Balaban J connectivity index is 2.59. The number of benzene rings is 2. The second kappa shape index (κ2) is 4.97. The molecule has 20 heavy (non-hydrogen) atoms. The lowest BCUT2D eigenvalue weighted by atomic mass is 9.82. The highest BCUT2D eigenvalue weighted by atomic mass is 19.4. The molecule has 0 saturated heterocycles. The fourth-order valence-corrected chi connectivity index (χ4v) is 2.25. The standard InChI is InChI=1S/C17H17F3/c1-16(2,3)15-10-5-4-9-14(15)12-7-6-8-13(11-12)17(18,19)20/h4-11H,1-3H3. The van der Waals surface area contributed by atoms with Gasteiger partial charge in [0.2, 0.25) is 0 Å². The van der Waals surface area contributed by atoms with Gasteiger partial charge < -0.3 is 0 Å². The Labute approximate surface area is 117 Å². The first-order valence-electron chi connectivity index (χ1n) is 6.47. The lowest BCUT2D eigenvalue weighted by Crippen LogP contribution is -2.12. The van der Waals surface area contributed by atoms with E-state index in [1.807, 2.05) is 24.3 Å². The Bertz CT molecular complexity index is 604. The van der Waals surface area contributed by atoms with Gasteiger partial charge in [-0.3, -0.25) is 0 Å². The molecular formula is C17H17F3. The molecule has 0 spiro atoms. The Kier molecular flexibility index (Phi) is 3.63. The molecule has 0 aliphatic heterocycles. The van der Waals surface area contributed by atoms with Crippen LogP contribution >= 0.6 is 0 Å². The quantitative estimate of drug-likeness (QED) is 0.630. The largest absolute Gasteiger partial charge is 0.416 e. The second-order valence-corrected chi connectivity index (χ2v) is 5.87. The van der Waals surface area contributed by atoms with Crippen LogP contribution in [0.25, 0.3) is 11.1 Å². The zero-order chi connectivity index (χ0) is 15.0. The number of halogens is 3. The summed E-state index contributed by atoms with van der Waals surface area (Å²) < 4.78 is 38.5. The molecule has 0 atom stereocenters. The molecule has 0 heterocycles. The fourth-order valence-electron chi connectivity index (χ4n) is 2.25. The van der Waals surface area contributed by atoms with E-state index in [2.05, 4.69) is 20.8 Å². The molecule has 0 radical (unpaired) electrons. The second-order valence-electron chi connectivity index (χ2n) is 5.87. The van der Waals surface area contributed by atoms with E-state index < -0.39 is 11.7 Å². The van der Waals surface area contributed by atoms with Gasteiger partial charge in [0, 0.05) is 0 Å². The number of rotatable bonds is 1. The number of hydrogen-bond acceptors (Lipinski definition) is 0. The molecule has 0 N–H and O–H groups in total. The first kappa shape index (κ1) is 14.6. The highest BCUT2D eigenvalue weighted by Crippen LogP contribution is 2.36. The van der Waals surface area contributed by atoms with E-state index >= 15 is 0 Å². The van der Waals surface area contributed by atoms with E-state index in [1.165, 1.54) is 12.1 Å². The predicted octanol–water partition coefficient (Wildman–Crippen LogP) is 5.67. The van der Waals surface area contributed by atoms with Gasteiger partial charge in [-0.05, 0) is 34.2 Å². The highest BCUT2D eigenvalue weighted by Gasteiger charge is 2.30. The molecule has 0 saturated carbocycles. The van der Waals surface area contributed by atoms with Crippen LogP contribution in [0.2, 0.25) is 0 Å². The molecule has 0 aromatic heterocycles. The number of hydrogen-bond donors (Lipinski definition) is 0. The van der Waals surface area contributed by atoms with E-state index in [1.54, 1.807) is 6.07 Å². The van der Waals surface area contributed by atoms with Gasteiger partial charge in [0.05, 0.1) is 5.56 Å². The van der Waals surface area contributed by atoms with E-state index in [0.29, 0.717) is 5.56 Å². The summed E-state index contributed by atoms with van der Waals surface area (Å²) in [6, 6.07) is 13.1. The van der Waals surface area contributed by atoms with Crippen molar-refractivity contribution in [1.29, 1.82) is 0 Å². The summed E-state index contributed by atoms with van der Waals surface area (Å²) in [4.78, 5) is 0. The molecular weight excluding hydrogens is 261 g/mol. The molecule has 0 unspecified atom stereocenters. The molecule has 0 fully saturated rings. The van der Waals surface area contributed by atoms with Crippen LogP contribution < -0.4 is 0 Å². The lowest BCUT2D eigenvalue weighted by Gasteiger charge is -2.23. The minimum Gasteiger partial charge on any atom is -0.166 e. The first-order valence-corrected chi connectivity index (χ1v) is 6.47. The molecule has 0 aliphatic rings. The predicted molar refractivity (Wildman–Crippen MR) is 75.6 cm³/mol. The van der Waals surface area contributed by atoms with Crippen molar-refractivity contribution in [2.75, 3.05) is 0 Å². The van der Waals surface area contributed by atoms with Crippen molar-refractivity contribution in [2.45, 2.75) is 32.4 Å². The Hall–Kier alpha value is -1.77. The van der Waals surface area contributed by atoms with Crippen molar-refractivity contribution < 1.29 is 13.2 Å². The van der Waals surface area contributed by atoms with Gasteiger partial charge in [-0.15, -0.1) is 0 Å². The maximum atomic E-state index is 12.8. The SMILES string of the molecule is CC(C)(C)c1ccccc1-c1cccc(C(F)(F)F)c1. The molecule has 0 aliphatic carbocycles. The smallest absolute Gasteiger partial charge is 0.166 e. The summed E-state index contributed by atoms with van der Waals surface area (Å²) in [5.41, 5.74) is 1.76. The van der Waals surface area contributed by atoms with Crippen LogP contribution in [0.15, 0.2) is 48.5 Å². The van der Waals surface area contributed by atoms with Crippen molar-refractivity contribution in [3.63, 3.8) is 0 Å². The zero-order valence-corrected chi connectivity index (χ0v) is 11.8. The maximum Gasteiger partial charge on any atom is 0.416 e. The van der Waals surface area contributed by atoms with Gasteiger partial charge >= 0.3 is 6.18 Å². The normalized spacial score (nSPS) is 12.5. The Morgan fingerprint density at radius 2 is 1.45 bits per heavy atom. The monoisotopic (exact) mass is 278 g/mol. The van der Waals surface area contributed by atoms with E-state index in [-0.39, 0.29) is 5.41 Å². The van der Waals surface area contributed by atoms with Crippen molar-refractivity contribution >= 4 is 0 Å². The summed E-state index contributed by atoms with van der Waals surface area (Å²) in [5, 5.41) is 0. The highest BCUT2D eigenvalue weighted by molar-refractivity contribution is 5.69. The van der Waals surface area contributed by atoms with E-state index in [0.717, 1.165) is 17.2 Å². The summed E-state index contributed by atoms with van der Waals surface area (Å²) in [6.07, 6.45) is -4.31. The first-order chi connectivity index (χ1) is 9.19. The van der Waals surface area contributed by atoms with Gasteiger partial charge in [-0.25, -0.2) is 0 Å². The third-order valence-electron chi connectivity index (χ3n) is 3.24. The molecule has 0 amide bonds. The summed E-state index contributed by atoms with van der Waals surface area (Å²) in [5.74, 6) is 0. The van der Waals surface area contributed by atoms with Crippen molar-refractivity contribution in [3.8, 4) is 11.1 Å².